The molecule has 30 heavy (non-hydrogen) atoms. The van der Waals surface area contributed by atoms with Gasteiger partial charge in [-0.15, -0.1) is 0 Å². The first-order chi connectivity index (χ1) is 14.8. The third-order valence-corrected chi connectivity index (χ3v) is 8.21. The Balaban J connectivity index is 1.54. The van der Waals surface area contributed by atoms with E-state index in [4.69, 9.17) is 11.6 Å². The highest BCUT2D eigenvalue weighted by atomic mass is 35.5. The van der Waals surface area contributed by atoms with Gasteiger partial charge in [0.15, 0.2) is 0 Å². The zero-order valence-electron chi connectivity index (χ0n) is 16.8. The van der Waals surface area contributed by atoms with Gasteiger partial charge in [0, 0.05) is 29.1 Å². The van der Waals surface area contributed by atoms with E-state index in [1.165, 1.54) is 28.4 Å². The monoisotopic (exact) mass is 409 g/mol. The molecule has 2 aliphatic heterocycles. The molecule has 3 aromatic carbocycles. The molecule has 4 aliphatic rings. The van der Waals surface area contributed by atoms with Crippen LogP contribution in [0, 0.1) is 11.8 Å². The van der Waals surface area contributed by atoms with E-state index in [9.17, 15) is 0 Å². The van der Waals surface area contributed by atoms with Crippen molar-refractivity contribution in [3.8, 4) is 0 Å². The highest BCUT2D eigenvalue weighted by molar-refractivity contribution is 6.30. The molecule has 5 atom stereocenters. The number of allylic oxidation sites excluding steroid dienone is 4. The third kappa shape index (κ3) is 2.25. The summed E-state index contributed by atoms with van der Waals surface area (Å²) < 4.78 is 0. The number of rotatable bonds is 1. The molecule has 2 heteroatoms. The van der Waals surface area contributed by atoms with Crippen LogP contribution in [0.4, 0.5) is 5.69 Å². The number of fused-ring (bicyclic) bond motifs is 6. The topological polar surface area (TPSA) is 3.24 Å². The lowest BCUT2D eigenvalue weighted by Gasteiger charge is -2.51. The predicted molar refractivity (Wildman–Crippen MR) is 125 cm³/mol. The summed E-state index contributed by atoms with van der Waals surface area (Å²) in [5, 5.41) is 3.66. The van der Waals surface area contributed by atoms with Crippen LogP contribution in [0.25, 0.3) is 10.8 Å². The first kappa shape index (κ1) is 17.2. The average molecular weight is 410 g/mol. The molecule has 148 valence electrons. The van der Waals surface area contributed by atoms with Crippen LogP contribution in [0.15, 0.2) is 78.9 Å². The Morgan fingerprint density at radius 2 is 1.67 bits per heavy atom. The predicted octanol–water partition coefficient (Wildman–Crippen LogP) is 7.39. The smallest absolute Gasteiger partial charge is 0.0582 e. The number of nitrogens with zero attached hydrogens (tertiary/aromatic N) is 1. The van der Waals surface area contributed by atoms with Crippen molar-refractivity contribution in [3.05, 3.63) is 101 Å². The van der Waals surface area contributed by atoms with Gasteiger partial charge in [0.1, 0.15) is 0 Å². The minimum Gasteiger partial charge on any atom is -0.363 e. The molecule has 5 unspecified atom stereocenters. The van der Waals surface area contributed by atoms with Gasteiger partial charge in [-0.05, 0) is 70.3 Å². The van der Waals surface area contributed by atoms with Crippen molar-refractivity contribution < 1.29 is 0 Å². The molecule has 0 amide bonds. The molecular weight excluding hydrogens is 386 g/mol. The van der Waals surface area contributed by atoms with Crippen LogP contribution in [-0.4, -0.2) is 6.54 Å². The van der Waals surface area contributed by atoms with E-state index in [2.05, 4.69) is 83.8 Å². The molecule has 0 saturated carbocycles. The standard InChI is InChI=1S/C28H24ClN/c29-20-13-11-17(12-14-20)27-24-10-4-9-23(24)26-22-7-2-1-5-18(22)15-25-21-8-3-6-19(21)16-30(27)28(25)26/h1-5,7-9,11-15,19,21,23-24,27H,6,10,16H2. The van der Waals surface area contributed by atoms with Crippen molar-refractivity contribution in [1.82, 2.24) is 0 Å². The second kappa shape index (κ2) is 6.25. The van der Waals surface area contributed by atoms with Gasteiger partial charge in [0.2, 0.25) is 0 Å². The minimum absolute atomic E-state index is 0.413. The maximum Gasteiger partial charge on any atom is 0.0582 e. The van der Waals surface area contributed by atoms with Gasteiger partial charge in [-0.2, -0.15) is 0 Å². The summed E-state index contributed by atoms with van der Waals surface area (Å²) in [7, 11) is 0. The number of anilines is 1. The maximum absolute atomic E-state index is 6.25. The first-order valence-electron chi connectivity index (χ1n) is 11.2. The molecule has 0 radical (unpaired) electrons. The fourth-order valence-corrected chi connectivity index (χ4v) is 6.90. The van der Waals surface area contributed by atoms with Gasteiger partial charge in [-0.3, -0.25) is 0 Å². The van der Waals surface area contributed by atoms with Crippen LogP contribution < -0.4 is 4.90 Å². The maximum atomic E-state index is 6.25. The summed E-state index contributed by atoms with van der Waals surface area (Å²) in [6.45, 7) is 1.15. The SMILES string of the molecule is Clc1ccc(C2C3CC=CC3c3c4c(cc5ccccc35)C3C=CCC3CN42)cc1. The summed E-state index contributed by atoms with van der Waals surface area (Å²) in [6.07, 6.45) is 12.1. The fraction of sp³-hybridized carbons (Fsp3) is 0.286. The lowest BCUT2D eigenvalue weighted by molar-refractivity contribution is 0.336. The van der Waals surface area contributed by atoms with Crippen molar-refractivity contribution in [2.24, 2.45) is 11.8 Å². The van der Waals surface area contributed by atoms with Crippen LogP contribution in [0.1, 0.15) is 47.4 Å². The summed E-state index contributed by atoms with van der Waals surface area (Å²) in [4.78, 5) is 2.78. The number of halogens is 1. The van der Waals surface area contributed by atoms with Gasteiger partial charge in [0.05, 0.1) is 6.04 Å². The lowest BCUT2D eigenvalue weighted by Crippen LogP contribution is -2.46. The number of benzene rings is 3. The highest BCUT2D eigenvalue weighted by Crippen LogP contribution is 2.60. The molecule has 0 spiro atoms. The second-order valence-corrected chi connectivity index (χ2v) is 9.84. The van der Waals surface area contributed by atoms with Crippen molar-refractivity contribution in [2.45, 2.75) is 30.7 Å². The molecule has 0 aromatic heterocycles. The van der Waals surface area contributed by atoms with Crippen molar-refractivity contribution in [3.63, 3.8) is 0 Å². The third-order valence-electron chi connectivity index (χ3n) is 7.96. The van der Waals surface area contributed by atoms with E-state index in [0.29, 0.717) is 29.7 Å². The lowest BCUT2D eigenvalue weighted by atomic mass is 9.69. The van der Waals surface area contributed by atoms with Crippen LogP contribution in [-0.2, 0) is 0 Å². The van der Waals surface area contributed by atoms with E-state index in [1.54, 1.807) is 11.1 Å². The summed E-state index contributed by atoms with van der Waals surface area (Å²) in [6, 6.07) is 20.6. The van der Waals surface area contributed by atoms with Crippen LogP contribution in [0.5, 0.6) is 0 Å². The highest BCUT2D eigenvalue weighted by Gasteiger charge is 2.48. The molecule has 7 rings (SSSR count). The van der Waals surface area contributed by atoms with E-state index in [-0.39, 0.29) is 0 Å². The molecule has 3 aromatic rings. The molecule has 2 heterocycles. The van der Waals surface area contributed by atoms with Gasteiger partial charge >= 0.3 is 0 Å². The first-order valence-corrected chi connectivity index (χ1v) is 11.6. The Bertz CT molecular complexity index is 1220. The Kier molecular flexibility index (Phi) is 3.58. The number of hydrogen-bond acceptors (Lipinski definition) is 1. The van der Waals surface area contributed by atoms with E-state index in [1.807, 2.05) is 0 Å². The Morgan fingerprint density at radius 1 is 0.867 bits per heavy atom. The number of hydrogen-bond donors (Lipinski definition) is 0. The van der Waals surface area contributed by atoms with Gasteiger partial charge < -0.3 is 4.90 Å². The molecule has 0 N–H and O–H groups in total. The minimum atomic E-state index is 0.413. The molecule has 0 fully saturated rings. The normalized spacial score (nSPS) is 30.4. The zero-order valence-corrected chi connectivity index (χ0v) is 17.6. The molecular formula is C28H24ClN. The quantitative estimate of drug-likeness (QED) is 0.379. The Morgan fingerprint density at radius 3 is 2.57 bits per heavy atom. The van der Waals surface area contributed by atoms with Crippen molar-refractivity contribution in [1.29, 1.82) is 0 Å². The van der Waals surface area contributed by atoms with Crippen LogP contribution in [0.2, 0.25) is 5.02 Å². The molecule has 1 nitrogen and oxygen atoms in total. The summed E-state index contributed by atoms with van der Waals surface area (Å²) in [5.41, 5.74) is 6.05. The van der Waals surface area contributed by atoms with Crippen molar-refractivity contribution >= 4 is 28.1 Å². The largest absolute Gasteiger partial charge is 0.363 e. The van der Waals surface area contributed by atoms with Gasteiger partial charge in [-0.1, -0.05) is 72.3 Å². The fourth-order valence-electron chi connectivity index (χ4n) is 6.77. The summed E-state index contributed by atoms with van der Waals surface area (Å²) >= 11 is 6.25. The van der Waals surface area contributed by atoms with E-state index in [0.717, 1.165) is 18.0 Å². The van der Waals surface area contributed by atoms with Gasteiger partial charge in [0.25, 0.3) is 0 Å². The van der Waals surface area contributed by atoms with E-state index < -0.39 is 0 Å². The van der Waals surface area contributed by atoms with E-state index >= 15 is 0 Å². The Labute approximate surface area is 182 Å². The zero-order chi connectivity index (χ0) is 19.8. The Hall–Kier alpha value is -2.51. The van der Waals surface area contributed by atoms with Crippen LogP contribution >= 0.6 is 11.6 Å². The van der Waals surface area contributed by atoms with Gasteiger partial charge in [-0.25, -0.2) is 0 Å². The molecule has 0 bridgehead atoms. The average Bonchev–Trinajstić information content (AvgIpc) is 3.44. The second-order valence-electron chi connectivity index (χ2n) is 9.40. The molecule has 2 aliphatic carbocycles. The summed E-state index contributed by atoms with van der Waals surface area (Å²) in [5.74, 6) is 2.33. The van der Waals surface area contributed by atoms with Crippen LogP contribution in [0.3, 0.4) is 0 Å². The molecule has 0 saturated heterocycles. The van der Waals surface area contributed by atoms with Crippen molar-refractivity contribution in [2.75, 3.05) is 11.4 Å².